The summed E-state index contributed by atoms with van der Waals surface area (Å²) in [7, 11) is 0. The average Bonchev–Trinajstić information content (AvgIpc) is 2.47. The number of aliphatic hydroxyl groups excluding tert-OH is 7. The summed E-state index contributed by atoms with van der Waals surface area (Å²) in [5.41, 5.74) is 0. The van der Waals surface area contributed by atoms with E-state index in [-0.39, 0.29) is 0 Å². The molecule has 11 nitrogen and oxygen atoms in total. The minimum Gasteiger partial charge on any atom is -0.478 e. The van der Waals surface area contributed by atoms with Gasteiger partial charge in [0.15, 0.2) is 6.10 Å². The number of hydrogen-bond donors (Lipinski definition) is 8. The predicted molar refractivity (Wildman–Crippen MR) is 70.9 cm³/mol. The Morgan fingerprint density at radius 2 is 1.13 bits per heavy atom. The van der Waals surface area contributed by atoms with Gasteiger partial charge in [0.1, 0.15) is 24.4 Å². The summed E-state index contributed by atoms with van der Waals surface area (Å²) < 4.78 is 4.30. The summed E-state index contributed by atoms with van der Waals surface area (Å²) in [6.07, 6.45) is -16.1. The maximum atomic E-state index is 11.6. The Balaban J connectivity index is 5.02. The number of carbonyl (C=O) groups is 2. The van der Waals surface area contributed by atoms with Gasteiger partial charge < -0.3 is 45.6 Å². The Morgan fingerprint density at radius 1 is 0.739 bits per heavy atom. The molecule has 8 atom stereocenters. The van der Waals surface area contributed by atoms with Crippen LogP contribution in [-0.2, 0) is 14.3 Å². The fourth-order valence-electron chi connectivity index (χ4n) is 1.54. The van der Waals surface area contributed by atoms with Crippen molar-refractivity contribution in [1.82, 2.24) is 0 Å². The second kappa shape index (κ2) is 9.08. The number of carbonyl (C=O) groups excluding carboxylic acids is 1. The largest absolute Gasteiger partial charge is 0.478 e. The quantitative estimate of drug-likeness (QED) is 0.188. The van der Waals surface area contributed by atoms with Crippen molar-refractivity contribution >= 4 is 11.9 Å². The Labute approximate surface area is 131 Å². The summed E-state index contributed by atoms with van der Waals surface area (Å²) in [5, 5.41) is 74.3. The summed E-state index contributed by atoms with van der Waals surface area (Å²) in [4.78, 5) is 22.6. The SMILES string of the molecule is C[C@H](O)[C@H](O)[C@@H](O)[C@@H](O)C(=O)O[C@H](C(=O)O)[C@@H](O)[C@H](O)[C@@H](C)O. The van der Waals surface area contributed by atoms with Gasteiger partial charge in [0, 0.05) is 0 Å². The monoisotopic (exact) mass is 342 g/mol. The molecule has 23 heavy (non-hydrogen) atoms. The zero-order valence-electron chi connectivity index (χ0n) is 12.4. The molecule has 136 valence electrons. The lowest BCUT2D eigenvalue weighted by Crippen LogP contribution is -2.52. The van der Waals surface area contributed by atoms with Crippen molar-refractivity contribution in [2.24, 2.45) is 0 Å². The molecule has 0 amide bonds. The van der Waals surface area contributed by atoms with Crippen LogP contribution in [0.5, 0.6) is 0 Å². The molecule has 11 heteroatoms. The number of aliphatic hydroxyl groups is 7. The van der Waals surface area contributed by atoms with E-state index >= 15 is 0 Å². The van der Waals surface area contributed by atoms with E-state index in [1.807, 2.05) is 0 Å². The third-order valence-electron chi connectivity index (χ3n) is 3.05. The van der Waals surface area contributed by atoms with Crippen LogP contribution < -0.4 is 0 Å². The number of esters is 1. The van der Waals surface area contributed by atoms with Crippen molar-refractivity contribution in [1.29, 1.82) is 0 Å². The zero-order valence-corrected chi connectivity index (χ0v) is 12.4. The number of hydrogen-bond acceptors (Lipinski definition) is 10. The van der Waals surface area contributed by atoms with Crippen LogP contribution in [0.25, 0.3) is 0 Å². The van der Waals surface area contributed by atoms with Gasteiger partial charge in [0.2, 0.25) is 6.10 Å². The van der Waals surface area contributed by atoms with Gasteiger partial charge in [0.25, 0.3) is 0 Å². The normalized spacial score (nSPS) is 22.1. The molecule has 0 aromatic heterocycles. The van der Waals surface area contributed by atoms with Gasteiger partial charge in [-0.05, 0) is 13.8 Å². The van der Waals surface area contributed by atoms with Gasteiger partial charge in [-0.3, -0.25) is 0 Å². The van der Waals surface area contributed by atoms with Gasteiger partial charge in [-0.1, -0.05) is 0 Å². The van der Waals surface area contributed by atoms with Crippen LogP contribution in [0.2, 0.25) is 0 Å². The van der Waals surface area contributed by atoms with Gasteiger partial charge >= 0.3 is 11.9 Å². The fourth-order valence-corrected chi connectivity index (χ4v) is 1.54. The highest BCUT2D eigenvalue weighted by Gasteiger charge is 2.41. The molecule has 0 bridgehead atoms. The number of carboxylic acid groups (broad SMARTS) is 1. The van der Waals surface area contributed by atoms with Crippen LogP contribution in [0.15, 0.2) is 0 Å². The topological polar surface area (TPSA) is 205 Å². The molecule has 0 saturated heterocycles. The first-order valence-electron chi connectivity index (χ1n) is 6.61. The molecule has 0 spiro atoms. The summed E-state index contributed by atoms with van der Waals surface area (Å²) >= 11 is 0. The molecule has 0 aromatic carbocycles. The third kappa shape index (κ3) is 5.99. The molecule has 8 N–H and O–H groups in total. The first-order valence-corrected chi connectivity index (χ1v) is 6.61. The standard InChI is InChI=1S/C12H22O11/c1-3(13)5(15)7(17)9(19)12(22)23-10(11(20)21)8(18)6(16)4(2)14/h3-10,13-19H,1-2H3,(H,20,21)/t3-,4+,5-,6+,7+,8-,9+,10-/m0/s1. The Morgan fingerprint density at radius 3 is 1.48 bits per heavy atom. The average molecular weight is 342 g/mol. The number of ether oxygens (including phenoxy) is 1. The second-order valence-corrected chi connectivity index (χ2v) is 5.08. The van der Waals surface area contributed by atoms with Crippen LogP contribution in [0.1, 0.15) is 13.8 Å². The van der Waals surface area contributed by atoms with E-state index in [9.17, 15) is 35.1 Å². The first kappa shape index (κ1) is 21.7. The molecule has 0 rings (SSSR count). The molecule has 0 unspecified atom stereocenters. The van der Waals surface area contributed by atoms with Crippen LogP contribution in [0.4, 0.5) is 0 Å². The smallest absolute Gasteiger partial charge is 0.347 e. The zero-order chi connectivity index (χ0) is 18.5. The predicted octanol–water partition coefficient (Wildman–Crippen LogP) is -4.45. The van der Waals surface area contributed by atoms with Crippen LogP contribution in [0, 0.1) is 0 Å². The minimum absolute atomic E-state index is 1.05. The molecule has 0 radical (unpaired) electrons. The maximum Gasteiger partial charge on any atom is 0.347 e. The summed E-state index contributed by atoms with van der Waals surface area (Å²) in [5.74, 6) is -3.61. The first-order chi connectivity index (χ1) is 10.4. The summed E-state index contributed by atoms with van der Waals surface area (Å²) in [6, 6.07) is 0. The van der Waals surface area contributed by atoms with Crippen molar-refractivity contribution in [3.63, 3.8) is 0 Å². The van der Waals surface area contributed by atoms with Crippen molar-refractivity contribution in [2.45, 2.75) is 62.7 Å². The highest BCUT2D eigenvalue weighted by atomic mass is 16.6. The molecule has 0 aliphatic carbocycles. The van der Waals surface area contributed by atoms with E-state index in [0.29, 0.717) is 0 Å². The Bertz CT molecular complexity index is 396. The van der Waals surface area contributed by atoms with Crippen molar-refractivity contribution in [3.05, 3.63) is 0 Å². The molecule has 0 aliphatic rings. The lowest BCUT2D eigenvalue weighted by atomic mass is 10.0. The van der Waals surface area contributed by atoms with E-state index in [1.165, 1.54) is 0 Å². The third-order valence-corrected chi connectivity index (χ3v) is 3.05. The van der Waals surface area contributed by atoms with E-state index in [4.69, 9.17) is 15.3 Å². The lowest BCUT2D eigenvalue weighted by molar-refractivity contribution is -0.193. The number of rotatable bonds is 9. The number of carboxylic acids is 1. The van der Waals surface area contributed by atoms with Gasteiger partial charge in [-0.15, -0.1) is 0 Å². The van der Waals surface area contributed by atoms with Crippen molar-refractivity contribution in [3.8, 4) is 0 Å². The summed E-state index contributed by atoms with van der Waals surface area (Å²) in [6.45, 7) is 2.11. The molecule has 0 aromatic rings. The second-order valence-electron chi connectivity index (χ2n) is 5.08. The maximum absolute atomic E-state index is 11.6. The van der Waals surface area contributed by atoms with Crippen molar-refractivity contribution in [2.75, 3.05) is 0 Å². The van der Waals surface area contributed by atoms with E-state index in [1.54, 1.807) is 0 Å². The lowest BCUT2D eigenvalue weighted by Gasteiger charge is -2.28. The molecule has 0 saturated carbocycles. The molecule has 0 heterocycles. The van der Waals surface area contributed by atoms with E-state index < -0.39 is 60.8 Å². The number of aliphatic carboxylic acids is 1. The van der Waals surface area contributed by atoms with E-state index in [2.05, 4.69) is 4.74 Å². The fraction of sp³-hybridized carbons (Fsp3) is 0.833. The minimum atomic E-state index is -2.42. The highest BCUT2D eigenvalue weighted by Crippen LogP contribution is 2.12. The highest BCUT2D eigenvalue weighted by molar-refractivity contribution is 5.81. The van der Waals surface area contributed by atoms with Gasteiger partial charge in [0.05, 0.1) is 12.2 Å². The molecular weight excluding hydrogens is 320 g/mol. The van der Waals surface area contributed by atoms with Crippen LogP contribution in [0.3, 0.4) is 0 Å². The van der Waals surface area contributed by atoms with Gasteiger partial charge in [-0.2, -0.15) is 0 Å². The van der Waals surface area contributed by atoms with Crippen LogP contribution in [-0.4, -0.2) is 102 Å². The molecular formula is C12H22O11. The van der Waals surface area contributed by atoms with Crippen molar-refractivity contribution < 1.29 is 55.2 Å². The Kier molecular flexibility index (Phi) is 8.55. The molecule has 0 aliphatic heterocycles. The molecule has 0 fully saturated rings. The van der Waals surface area contributed by atoms with Gasteiger partial charge in [-0.25, -0.2) is 9.59 Å². The van der Waals surface area contributed by atoms with E-state index in [0.717, 1.165) is 13.8 Å². The Hall–Kier alpha value is -1.34. The van der Waals surface area contributed by atoms with Crippen LogP contribution >= 0.6 is 0 Å².